The molecule has 0 saturated carbocycles. The SMILES string of the molecule is Cc1cc(C(=O)[C@@H](C)Oc2ccccc2)c(C)n1-c1ccc(OC(F)F)cc1. The molecule has 4 nitrogen and oxygen atoms in total. The Morgan fingerprint density at radius 2 is 1.54 bits per heavy atom. The molecular weight excluding hydrogens is 364 g/mol. The summed E-state index contributed by atoms with van der Waals surface area (Å²) in [6, 6.07) is 17.3. The fourth-order valence-electron chi connectivity index (χ4n) is 3.16. The van der Waals surface area contributed by atoms with Crippen LogP contribution in [0.25, 0.3) is 5.69 Å². The molecule has 0 radical (unpaired) electrons. The number of hydrogen-bond acceptors (Lipinski definition) is 3. The average molecular weight is 385 g/mol. The lowest BCUT2D eigenvalue weighted by Crippen LogP contribution is -2.24. The second kappa shape index (κ2) is 8.25. The topological polar surface area (TPSA) is 40.5 Å². The van der Waals surface area contributed by atoms with Crippen LogP contribution in [0.1, 0.15) is 28.7 Å². The maximum atomic E-state index is 12.9. The van der Waals surface area contributed by atoms with E-state index in [0.29, 0.717) is 11.3 Å². The highest BCUT2D eigenvalue weighted by Gasteiger charge is 2.23. The zero-order chi connectivity index (χ0) is 20.3. The molecule has 0 saturated heterocycles. The van der Waals surface area contributed by atoms with Crippen LogP contribution >= 0.6 is 0 Å². The summed E-state index contributed by atoms with van der Waals surface area (Å²) < 4.78 is 36.7. The van der Waals surface area contributed by atoms with Gasteiger partial charge in [-0.15, -0.1) is 0 Å². The van der Waals surface area contributed by atoms with Crippen molar-refractivity contribution in [2.75, 3.05) is 0 Å². The Balaban J connectivity index is 1.84. The molecule has 1 atom stereocenters. The van der Waals surface area contributed by atoms with E-state index >= 15 is 0 Å². The van der Waals surface area contributed by atoms with E-state index in [1.54, 1.807) is 31.2 Å². The number of halogens is 2. The van der Waals surface area contributed by atoms with Crippen LogP contribution in [-0.2, 0) is 0 Å². The van der Waals surface area contributed by atoms with E-state index in [0.717, 1.165) is 17.1 Å². The van der Waals surface area contributed by atoms with Gasteiger partial charge in [0.15, 0.2) is 6.10 Å². The van der Waals surface area contributed by atoms with E-state index in [1.165, 1.54) is 12.1 Å². The maximum absolute atomic E-state index is 12.9. The summed E-state index contributed by atoms with van der Waals surface area (Å²) in [4.78, 5) is 12.9. The Kier molecular flexibility index (Phi) is 5.78. The number of ketones is 1. The highest BCUT2D eigenvalue weighted by molar-refractivity contribution is 6.00. The van der Waals surface area contributed by atoms with Crippen LogP contribution < -0.4 is 9.47 Å². The zero-order valence-electron chi connectivity index (χ0n) is 15.9. The lowest BCUT2D eigenvalue weighted by Gasteiger charge is -2.14. The van der Waals surface area contributed by atoms with Crippen LogP contribution in [0.3, 0.4) is 0 Å². The van der Waals surface area contributed by atoms with E-state index < -0.39 is 12.7 Å². The molecule has 1 heterocycles. The van der Waals surface area contributed by atoms with Crippen molar-refractivity contribution in [1.29, 1.82) is 0 Å². The first kappa shape index (κ1) is 19.6. The molecule has 6 heteroatoms. The summed E-state index contributed by atoms with van der Waals surface area (Å²) in [5.41, 5.74) is 2.94. The van der Waals surface area contributed by atoms with E-state index in [2.05, 4.69) is 4.74 Å². The van der Waals surface area contributed by atoms with Crippen LogP contribution in [0.15, 0.2) is 60.7 Å². The average Bonchev–Trinajstić information content (AvgIpc) is 2.96. The predicted octanol–water partition coefficient (Wildman–Crippen LogP) is 5.35. The molecule has 0 N–H and O–H groups in total. The summed E-state index contributed by atoms with van der Waals surface area (Å²) in [7, 11) is 0. The number of hydrogen-bond donors (Lipinski definition) is 0. The van der Waals surface area contributed by atoms with Crippen molar-refractivity contribution in [2.45, 2.75) is 33.5 Å². The number of carbonyl (C=O) groups is 1. The predicted molar refractivity (Wildman–Crippen MR) is 103 cm³/mol. The van der Waals surface area contributed by atoms with Crippen LogP contribution in [0.5, 0.6) is 11.5 Å². The zero-order valence-corrected chi connectivity index (χ0v) is 15.9. The van der Waals surface area contributed by atoms with Gasteiger partial charge in [0.1, 0.15) is 11.5 Å². The third-order valence-corrected chi connectivity index (χ3v) is 4.44. The van der Waals surface area contributed by atoms with Gasteiger partial charge in [-0.05, 0) is 63.2 Å². The molecule has 0 bridgehead atoms. The van der Waals surface area contributed by atoms with Gasteiger partial charge in [0.2, 0.25) is 5.78 Å². The fourth-order valence-corrected chi connectivity index (χ4v) is 3.16. The van der Waals surface area contributed by atoms with Crippen molar-refractivity contribution in [3.05, 3.63) is 77.6 Å². The van der Waals surface area contributed by atoms with Gasteiger partial charge in [0.05, 0.1) is 0 Å². The van der Waals surface area contributed by atoms with Gasteiger partial charge < -0.3 is 14.0 Å². The first-order valence-corrected chi connectivity index (χ1v) is 8.87. The Labute approximate surface area is 162 Å². The normalized spacial score (nSPS) is 12.1. The lowest BCUT2D eigenvalue weighted by atomic mass is 10.1. The minimum absolute atomic E-state index is 0.0856. The second-order valence-electron chi connectivity index (χ2n) is 6.43. The Morgan fingerprint density at radius 1 is 0.929 bits per heavy atom. The molecule has 0 spiro atoms. The number of ether oxygens (including phenoxy) is 2. The number of alkyl halides is 2. The van der Waals surface area contributed by atoms with E-state index in [-0.39, 0.29) is 11.5 Å². The number of aryl methyl sites for hydroxylation is 1. The van der Waals surface area contributed by atoms with Crippen molar-refractivity contribution in [3.8, 4) is 17.2 Å². The number of carbonyl (C=O) groups excluding carboxylic acids is 1. The molecule has 2 aromatic carbocycles. The highest BCUT2D eigenvalue weighted by atomic mass is 19.3. The van der Waals surface area contributed by atoms with Gasteiger partial charge in [-0.25, -0.2) is 0 Å². The van der Waals surface area contributed by atoms with Crippen LogP contribution in [0.2, 0.25) is 0 Å². The number of benzene rings is 2. The third kappa shape index (κ3) is 4.22. The van der Waals surface area contributed by atoms with Gasteiger partial charge in [-0.3, -0.25) is 4.79 Å². The molecule has 0 fully saturated rings. The van der Waals surface area contributed by atoms with Crippen LogP contribution in [-0.4, -0.2) is 23.1 Å². The Hall–Kier alpha value is -3.15. The largest absolute Gasteiger partial charge is 0.483 e. The first-order chi connectivity index (χ1) is 13.4. The summed E-state index contributed by atoms with van der Waals surface area (Å²) >= 11 is 0. The molecule has 28 heavy (non-hydrogen) atoms. The van der Waals surface area contributed by atoms with Gasteiger partial charge in [-0.2, -0.15) is 8.78 Å². The molecule has 0 aliphatic rings. The van der Waals surface area contributed by atoms with Gasteiger partial charge in [-0.1, -0.05) is 18.2 Å². The lowest BCUT2D eigenvalue weighted by molar-refractivity contribution is -0.0498. The molecule has 0 unspecified atom stereocenters. The molecule has 3 aromatic rings. The van der Waals surface area contributed by atoms with Crippen molar-refractivity contribution in [1.82, 2.24) is 4.57 Å². The third-order valence-electron chi connectivity index (χ3n) is 4.44. The summed E-state index contributed by atoms with van der Waals surface area (Å²) in [6.45, 7) is 2.59. The number of aromatic nitrogens is 1. The maximum Gasteiger partial charge on any atom is 0.387 e. The van der Waals surface area contributed by atoms with Gasteiger partial charge in [0.25, 0.3) is 0 Å². The van der Waals surface area contributed by atoms with Crippen LogP contribution in [0.4, 0.5) is 8.78 Å². The highest BCUT2D eigenvalue weighted by Crippen LogP contribution is 2.25. The standard InChI is InChI=1S/C22H21F2NO3/c1-14-13-20(21(26)16(3)27-18-7-5-4-6-8-18)15(2)25(14)17-9-11-19(12-10-17)28-22(23)24/h4-13,16,22H,1-3H3/t16-/m1/s1. The van der Waals surface area contributed by atoms with E-state index in [1.807, 2.05) is 42.7 Å². The summed E-state index contributed by atoms with van der Waals surface area (Å²) in [6.07, 6.45) is -0.641. The van der Waals surface area contributed by atoms with Crippen LogP contribution in [0, 0.1) is 13.8 Å². The number of nitrogens with zero attached hydrogens (tertiary/aromatic N) is 1. The number of rotatable bonds is 7. The minimum atomic E-state index is -2.86. The molecule has 0 aliphatic carbocycles. The molecule has 0 amide bonds. The van der Waals surface area contributed by atoms with E-state index in [9.17, 15) is 13.6 Å². The first-order valence-electron chi connectivity index (χ1n) is 8.87. The summed E-state index contributed by atoms with van der Waals surface area (Å²) in [5.74, 6) is 0.593. The molecule has 1 aromatic heterocycles. The molecular formula is C22H21F2NO3. The van der Waals surface area contributed by atoms with Crippen molar-refractivity contribution >= 4 is 5.78 Å². The van der Waals surface area contributed by atoms with Crippen molar-refractivity contribution in [3.63, 3.8) is 0 Å². The summed E-state index contributed by atoms with van der Waals surface area (Å²) in [5, 5.41) is 0. The smallest absolute Gasteiger partial charge is 0.387 e. The monoisotopic (exact) mass is 385 g/mol. The Morgan fingerprint density at radius 3 is 2.14 bits per heavy atom. The van der Waals surface area contributed by atoms with Gasteiger partial charge >= 0.3 is 6.61 Å². The number of para-hydroxylation sites is 1. The van der Waals surface area contributed by atoms with Crippen molar-refractivity contribution < 1.29 is 23.0 Å². The molecule has 3 rings (SSSR count). The van der Waals surface area contributed by atoms with Crippen molar-refractivity contribution in [2.24, 2.45) is 0 Å². The minimum Gasteiger partial charge on any atom is -0.483 e. The molecule has 0 aliphatic heterocycles. The Bertz CT molecular complexity index is 950. The quantitative estimate of drug-likeness (QED) is 0.515. The molecule has 146 valence electrons. The second-order valence-corrected chi connectivity index (χ2v) is 6.43. The van der Waals surface area contributed by atoms with Gasteiger partial charge in [0, 0.05) is 22.6 Å². The number of Topliss-reactive ketones (excluding diaryl/α,β-unsaturated/α-hetero) is 1. The fraction of sp³-hybridized carbons (Fsp3) is 0.227. The van der Waals surface area contributed by atoms with E-state index in [4.69, 9.17) is 4.74 Å².